The van der Waals surface area contributed by atoms with Gasteiger partial charge in [-0.15, -0.1) is 0 Å². The fraction of sp³-hybridized carbons (Fsp3) is 0.767. The molecule has 1 rings (SSSR count). The molecule has 0 saturated carbocycles. The Labute approximate surface area is 225 Å². The Morgan fingerprint density at radius 2 is 0.865 bits per heavy atom. The molecule has 0 atom stereocenters. The molecule has 0 N–H and O–H groups in total. The first kappa shape index (κ1) is 33.5. The number of carbonyl (C=O) groups excluding carboxylic acids is 1. The van der Waals surface area contributed by atoms with Crippen molar-refractivity contribution in [2.24, 2.45) is 0 Å². The van der Waals surface area contributed by atoms with Crippen molar-refractivity contribution in [2.75, 3.05) is 72.7 Å². The lowest BCUT2D eigenvalue weighted by molar-refractivity contribution is -0.0128. The molecule has 0 aliphatic heterocycles. The summed E-state index contributed by atoms with van der Waals surface area (Å²) in [7, 11) is 0. The quantitative estimate of drug-likeness (QED) is 0.0903. The summed E-state index contributed by atoms with van der Waals surface area (Å²) < 4.78 is 33.1. The van der Waals surface area contributed by atoms with Crippen molar-refractivity contribution >= 4 is 6.29 Å². The normalized spacial score (nSPS) is 11.2. The lowest BCUT2D eigenvalue weighted by Gasteiger charge is -2.09. The number of unbranched alkanes of at least 4 members (excludes halogenated alkanes) is 10. The molecule has 0 amide bonds. The molecule has 37 heavy (non-hydrogen) atoms. The van der Waals surface area contributed by atoms with Gasteiger partial charge in [-0.3, -0.25) is 4.79 Å². The number of benzene rings is 1. The van der Waals surface area contributed by atoms with E-state index in [-0.39, 0.29) is 0 Å². The van der Waals surface area contributed by atoms with Crippen molar-refractivity contribution in [3.05, 3.63) is 29.8 Å². The Balaban J connectivity index is 1.67. The van der Waals surface area contributed by atoms with Gasteiger partial charge in [0.15, 0.2) is 0 Å². The molecule has 0 bridgehead atoms. The highest BCUT2D eigenvalue weighted by atomic mass is 16.6. The van der Waals surface area contributed by atoms with Crippen molar-refractivity contribution in [2.45, 2.75) is 77.6 Å². The summed E-state index contributed by atoms with van der Waals surface area (Å²) in [5, 5.41) is 0. The van der Waals surface area contributed by atoms with E-state index in [1.165, 1.54) is 64.2 Å². The minimum atomic E-state index is 0.452. The molecule has 7 heteroatoms. The molecule has 1 aromatic carbocycles. The molecule has 7 nitrogen and oxygen atoms in total. The van der Waals surface area contributed by atoms with Crippen LogP contribution in [0.15, 0.2) is 24.3 Å². The lowest BCUT2D eigenvalue weighted by atomic mass is 10.1. The third-order valence-corrected chi connectivity index (χ3v) is 5.89. The molecule has 0 aliphatic carbocycles. The van der Waals surface area contributed by atoms with E-state index in [1.807, 2.05) is 0 Å². The summed E-state index contributed by atoms with van der Waals surface area (Å²) in [6.07, 6.45) is 15.7. The van der Waals surface area contributed by atoms with Crippen molar-refractivity contribution in [3.8, 4) is 5.75 Å². The zero-order valence-corrected chi connectivity index (χ0v) is 23.3. The Bertz CT molecular complexity index is 594. The first-order chi connectivity index (χ1) is 18.4. The van der Waals surface area contributed by atoms with Gasteiger partial charge in [0.25, 0.3) is 0 Å². The fourth-order valence-electron chi connectivity index (χ4n) is 3.71. The second-order valence-corrected chi connectivity index (χ2v) is 9.13. The van der Waals surface area contributed by atoms with Crippen LogP contribution >= 0.6 is 0 Å². The molecule has 214 valence electrons. The highest BCUT2D eigenvalue weighted by Crippen LogP contribution is 2.12. The summed E-state index contributed by atoms with van der Waals surface area (Å²) in [6, 6.07) is 6.99. The van der Waals surface area contributed by atoms with Crippen LogP contribution < -0.4 is 4.74 Å². The summed E-state index contributed by atoms with van der Waals surface area (Å²) in [5.41, 5.74) is 0.632. The van der Waals surface area contributed by atoms with Crippen LogP contribution in [-0.4, -0.2) is 79.0 Å². The van der Waals surface area contributed by atoms with Gasteiger partial charge in [0, 0.05) is 12.2 Å². The Hall–Kier alpha value is -1.51. The minimum Gasteiger partial charge on any atom is -0.491 e. The van der Waals surface area contributed by atoms with Gasteiger partial charge in [-0.2, -0.15) is 0 Å². The first-order valence-electron chi connectivity index (χ1n) is 14.4. The topological polar surface area (TPSA) is 72.5 Å². The largest absolute Gasteiger partial charge is 0.491 e. The molecule has 0 aliphatic rings. The Morgan fingerprint density at radius 1 is 0.486 bits per heavy atom. The van der Waals surface area contributed by atoms with E-state index >= 15 is 0 Å². The third-order valence-electron chi connectivity index (χ3n) is 5.89. The average Bonchev–Trinajstić information content (AvgIpc) is 2.93. The van der Waals surface area contributed by atoms with Gasteiger partial charge in [-0.05, 0) is 30.7 Å². The van der Waals surface area contributed by atoms with Crippen LogP contribution in [0.1, 0.15) is 87.9 Å². The summed E-state index contributed by atoms with van der Waals surface area (Å²) in [5.74, 6) is 0.721. The monoisotopic (exact) mass is 524 g/mol. The van der Waals surface area contributed by atoms with Gasteiger partial charge in [-0.25, -0.2) is 0 Å². The zero-order chi connectivity index (χ0) is 26.5. The van der Waals surface area contributed by atoms with Crippen LogP contribution in [0, 0.1) is 0 Å². The van der Waals surface area contributed by atoms with E-state index in [2.05, 4.69) is 6.92 Å². The molecule has 0 aromatic heterocycles. The maximum atomic E-state index is 10.6. The molecule has 1 aromatic rings. The van der Waals surface area contributed by atoms with Gasteiger partial charge in [-0.1, -0.05) is 71.1 Å². The lowest BCUT2D eigenvalue weighted by Crippen LogP contribution is -2.14. The summed E-state index contributed by atoms with van der Waals surface area (Å²) in [6.45, 7) is 8.54. The van der Waals surface area contributed by atoms with Crippen LogP contribution in [0.3, 0.4) is 0 Å². The summed E-state index contributed by atoms with van der Waals surface area (Å²) >= 11 is 0. The number of hydrogen-bond acceptors (Lipinski definition) is 7. The number of aldehydes is 1. The molecular formula is C30H52O7. The molecule has 0 fully saturated rings. The molecule has 0 radical (unpaired) electrons. The standard InChI is InChI=1S/C30H52O7/c1-2-3-4-5-6-7-8-9-10-11-12-17-32-18-19-33-20-21-34-22-23-35-24-25-36-26-27-37-30-15-13-29(28-31)14-16-30/h13-16,28H,2-12,17-27H2,1H3. The molecule has 0 spiro atoms. The third kappa shape index (κ3) is 23.3. The smallest absolute Gasteiger partial charge is 0.150 e. The second-order valence-electron chi connectivity index (χ2n) is 9.13. The molecular weight excluding hydrogens is 472 g/mol. The van der Waals surface area contributed by atoms with Crippen LogP contribution in [0.2, 0.25) is 0 Å². The molecule has 0 heterocycles. The van der Waals surface area contributed by atoms with Gasteiger partial charge >= 0.3 is 0 Å². The average molecular weight is 525 g/mol. The maximum Gasteiger partial charge on any atom is 0.150 e. The van der Waals surface area contributed by atoms with Crippen LogP contribution in [0.4, 0.5) is 0 Å². The Kier molecular flexibility index (Phi) is 24.9. The van der Waals surface area contributed by atoms with Crippen LogP contribution in [0.25, 0.3) is 0 Å². The van der Waals surface area contributed by atoms with Gasteiger partial charge in [0.2, 0.25) is 0 Å². The van der Waals surface area contributed by atoms with E-state index < -0.39 is 0 Å². The van der Waals surface area contributed by atoms with Gasteiger partial charge < -0.3 is 28.4 Å². The first-order valence-corrected chi connectivity index (χ1v) is 14.4. The zero-order valence-electron chi connectivity index (χ0n) is 23.3. The number of hydrogen-bond donors (Lipinski definition) is 0. The van der Waals surface area contributed by atoms with E-state index in [9.17, 15) is 4.79 Å². The summed E-state index contributed by atoms with van der Waals surface area (Å²) in [4.78, 5) is 10.6. The predicted molar refractivity (Wildman–Crippen MR) is 148 cm³/mol. The van der Waals surface area contributed by atoms with Gasteiger partial charge in [0.05, 0.1) is 59.5 Å². The van der Waals surface area contributed by atoms with Gasteiger partial charge in [0.1, 0.15) is 18.6 Å². The van der Waals surface area contributed by atoms with E-state index in [4.69, 9.17) is 28.4 Å². The van der Waals surface area contributed by atoms with Crippen LogP contribution in [0.5, 0.6) is 5.75 Å². The predicted octanol–water partition coefficient (Wildman–Crippen LogP) is 6.27. The van der Waals surface area contributed by atoms with Crippen molar-refractivity contribution < 1.29 is 33.2 Å². The van der Waals surface area contributed by atoms with E-state index in [0.29, 0.717) is 71.6 Å². The molecule has 0 saturated heterocycles. The maximum absolute atomic E-state index is 10.6. The number of carbonyl (C=O) groups is 1. The SMILES string of the molecule is CCCCCCCCCCCCCOCCOCCOCCOCCOCCOc1ccc(C=O)cc1. The minimum absolute atomic E-state index is 0.452. The second kappa shape index (κ2) is 27.5. The number of rotatable bonds is 29. The van der Waals surface area contributed by atoms with Crippen molar-refractivity contribution in [1.29, 1.82) is 0 Å². The fourth-order valence-corrected chi connectivity index (χ4v) is 3.71. The van der Waals surface area contributed by atoms with Crippen molar-refractivity contribution in [3.63, 3.8) is 0 Å². The molecule has 0 unspecified atom stereocenters. The highest BCUT2D eigenvalue weighted by Gasteiger charge is 1.97. The van der Waals surface area contributed by atoms with Crippen LogP contribution in [-0.2, 0) is 23.7 Å². The van der Waals surface area contributed by atoms with E-state index in [1.54, 1.807) is 24.3 Å². The van der Waals surface area contributed by atoms with E-state index in [0.717, 1.165) is 25.1 Å². The number of ether oxygens (including phenoxy) is 6. The highest BCUT2D eigenvalue weighted by molar-refractivity contribution is 5.74. The Morgan fingerprint density at radius 3 is 1.30 bits per heavy atom. The van der Waals surface area contributed by atoms with Crippen molar-refractivity contribution in [1.82, 2.24) is 0 Å².